The summed E-state index contributed by atoms with van der Waals surface area (Å²) in [5, 5.41) is 9.81. The zero-order chi connectivity index (χ0) is 18.0. The summed E-state index contributed by atoms with van der Waals surface area (Å²) in [4.78, 5) is 14.0. The quantitative estimate of drug-likeness (QED) is 0.899. The number of rotatable bonds is 4. The molecule has 1 N–H and O–H groups in total. The Hall–Kier alpha value is -1.79. The predicted molar refractivity (Wildman–Crippen MR) is 93.0 cm³/mol. The van der Waals surface area contributed by atoms with Crippen molar-refractivity contribution in [2.45, 2.75) is 44.3 Å². The van der Waals surface area contributed by atoms with Crippen LogP contribution in [0.1, 0.15) is 37.3 Å². The predicted octanol–water partition coefficient (Wildman–Crippen LogP) is 1.87. The zero-order valence-corrected chi connectivity index (χ0v) is 15.2. The molecule has 2 heterocycles. The van der Waals surface area contributed by atoms with E-state index in [9.17, 15) is 9.90 Å². The van der Waals surface area contributed by atoms with Crippen LogP contribution in [0, 0.1) is 0 Å². The Bertz CT molecular complexity index is 637. The van der Waals surface area contributed by atoms with E-state index in [1.807, 2.05) is 19.1 Å². The molecule has 3 rings (SSSR count). The SMILES string of the molecule is CCC(O)C(=O)N1CCC2(CC1)OCCc1cc(OC)c(OC)cc12. The van der Waals surface area contributed by atoms with E-state index in [0.717, 1.165) is 30.6 Å². The van der Waals surface area contributed by atoms with Crippen LogP contribution in [-0.4, -0.2) is 55.9 Å². The fourth-order valence-corrected chi connectivity index (χ4v) is 3.87. The number of carbonyl (C=O) groups is 1. The lowest BCUT2D eigenvalue weighted by atomic mass is 9.79. The van der Waals surface area contributed by atoms with Crippen LogP contribution in [0.5, 0.6) is 11.5 Å². The maximum atomic E-state index is 12.2. The summed E-state index contributed by atoms with van der Waals surface area (Å²) in [5.74, 6) is 1.25. The minimum Gasteiger partial charge on any atom is -0.493 e. The molecule has 25 heavy (non-hydrogen) atoms. The number of hydrogen-bond acceptors (Lipinski definition) is 5. The first kappa shape index (κ1) is 18.0. The van der Waals surface area contributed by atoms with Gasteiger partial charge in [-0.05, 0) is 48.9 Å². The number of likely N-dealkylation sites (tertiary alicyclic amines) is 1. The van der Waals surface area contributed by atoms with Crippen LogP contribution in [0.4, 0.5) is 0 Å². The number of methoxy groups -OCH3 is 2. The molecule has 0 aliphatic carbocycles. The van der Waals surface area contributed by atoms with Crippen LogP contribution in [0.2, 0.25) is 0 Å². The van der Waals surface area contributed by atoms with Crippen LogP contribution in [0.15, 0.2) is 12.1 Å². The minimum absolute atomic E-state index is 0.180. The molecule has 1 spiro atoms. The van der Waals surface area contributed by atoms with Gasteiger partial charge in [-0.25, -0.2) is 0 Å². The lowest BCUT2D eigenvalue weighted by Gasteiger charge is -2.45. The van der Waals surface area contributed by atoms with Crippen molar-refractivity contribution < 1.29 is 24.1 Å². The first-order valence-electron chi connectivity index (χ1n) is 8.91. The number of nitrogens with zero attached hydrogens (tertiary/aromatic N) is 1. The van der Waals surface area contributed by atoms with Gasteiger partial charge in [0, 0.05) is 13.1 Å². The lowest BCUT2D eigenvalue weighted by molar-refractivity contribution is -0.149. The van der Waals surface area contributed by atoms with Gasteiger partial charge in [0.05, 0.1) is 26.4 Å². The fraction of sp³-hybridized carbons (Fsp3) is 0.632. The summed E-state index contributed by atoms with van der Waals surface area (Å²) in [5.41, 5.74) is 1.97. The Morgan fingerprint density at radius 2 is 1.92 bits per heavy atom. The Labute approximate surface area is 148 Å². The topological polar surface area (TPSA) is 68.2 Å². The second-order valence-corrected chi connectivity index (χ2v) is 6.71. The third kappa shape index (κ3) is 3.20. The molecule has 1 aromatic carbocycles. The number of aliphatic hydroxyl groups excluding tert-OH is 1. The third-order valence-corrected chi connectivity index (χ3v) is 5.40. The highest BCUT2D eigenvalue weighted by Gasteiger charge is 2.42. The van der Waals surface area contributed by atoms with Crippen molar-refractivity contribution >= 4 is 5.91 Å². The normalized spacial score (nSPS) is 20.1. The molecular weight excluding hydrogens is 322 g/mol. The number of amides is 1. The standard InChI is InChI=1S/C19H27NO5/c1-4-15(21)18(22)20-8-6-19(7-9-20)14-12-17(24-3)16(23-2)11-13(14)5-10-25-19/h11-12,15,21H,4-10H2,1-3H3. The van der Waals surface area contributed by atoms with E-state index in [1.54, 1.807) is 19.1 Å². The van der Waals surface area contributed by atoms with Crippen LogP contribution in [0.25, 0.3) is 0 Å². The largest absolute Gasteiger partial charge is 0.493 e. The Kier molecular flexibility index (Phi) is 5.20. The molecule has 1 atom stereocenters. The number of ether oxygens (including phenoxy) is 3. The molecule has 6 nitrogen and oxygen atoms in total. The summed E-state index contributed by atoms with van der Waals surface area (Å²) in [6.45, 7) is 3.65. The Morgan fingerprint density at radius 1 is 1.28 bits per heavy atom. The third-order valence-electron chi connectivity index (χ3n) is 5.40. The van der Waals surface area contributed by atoms with Crippen molar-refractivity contribution in [2.24, 2.45) is 0 Å². The molecule has 138 valence electrons. The molecule has 1 aromatic rings. The number of piperidine rings is 1. The van der Waals surface area contributed by atoms with E-state index in [4.69, 9.17) is 14.2 Å². The summed E-state index contributed by atoms with van der Waals surface area (Å²) >= 11 is 0. The number of fused-ring (bicyclic) bond motifs is 2. The maximum absolute atomic E-state index is 12.2. The van der Waals surface area contributed by atoms with E-state index in [1.165, 1.54) is 5.56 Å². The Balaban J connectivity index is 1.85. The maximum Gasteiger partial charge on any atom is 0.251 e. The van der Waals surface area contributed by atoms with Crippen LogP contribution >= 0.6 is 0 Å². The first-order chi connectivity index (χ1) is 12.0. The van der Waals surface area contributed by atoms with E-state index in [2.05, 4.69) is 0 Å². The van der Waals surface area contributed by atoms with Crippen molar-refractivity contribution in [1.82, 2.24) is 4.90 Å². The van der Waals surface area contributed by atoms with Gasteiger partial charge in [0.1, 0.15) is 6.10 Å². The average molecular weight is 349 g/mol. The average Bonchev–Trinajstić information content (AvgIpc) is 2.66. The van der Waals surface area contributed by atoms with Gasteiger partial charge in [-0.2, -0.15) is 0 Å². The van der Waals surface area contributed by atoms with Gasteiger partial charge in [0.25, 0.3) is 5.91 Å². The van der Waals surface area contributed by atoms with Gasteiger partial charge in [-0.15, -0.1) is 0 Å². The number of aliphatic hydroxyl groups is 1. The second kappa shape index (κ2) is 7.22. The lowest BCUT2D eigenvalue weighted by Crippen LogP contribution is -2.50. The van der Waals surface area contributed by atoms with Gasteiger partial charge >= 0.3 is 0 Å². The first-order valence-corrected chi connectivity index (χ1v) is 8.91. The van der Waals surface area contributed by atoms with Crippen LogP contribution < -0.4 is 9.47 Å². The number of benzene rings is 1. The summed E-state index contributed by atoms with van der Waals surface area (Å²) in [6, 6.07) is 4.06. The van der Waals surface area contributed by atoms with Crippen molar-refractivity contribution in [2.75, 3.05) is 33.9 Å². The monoisotopic (exact) mass is 349 g/mol. The van der Waals surface area contributed by atoms with Gasteiger partial charge in [-0.3, -0.25) is 4.79 Å². The summed E-state index contributed by atoms with van der Waals surface area (Å²) < 4.78 is 17.1. The molecule has 0 aromatic heterocycles. The molecule has 2 aliphatic heterocycles. The number of carbonyl (C=O) groups excluding carboxylic acids is 1. The summed E-state index contributed by atoms with van der Waals surface area (Å²) in [7, 11) is 3.27. The van der Waals surface area contributed by atoms with Gasteiger partial charge in [0.2, 0.25) is 0 Å². The molecule has 0 bridgehead atoms. The molecule has 0 saturated carbocycles. The van der Waals surface area contributed by atoms with Gasteiger partial charge < -0.3 is 24.2 Å². The molecular formula is C19H27NO5. The molecule has 1 saturated heterocycles. The molecule has 6 heteroatoms. The highest BCUT2D eigenvalue weighted by molar-refractivity contribution is 5.80. The van der Waals surface area contributed by atoms with Crippen molar-refractivity contribution in [3.05, 3.63) is 23.3 Å². The zero-order valence-electron chi connectivity index (χ0n) is 15.2. The molecule has 1 fully saturated rings. The van der Waals surface area contributed by atoms with Crippen LogP contribution in [0.3, 0.4) is 0 Å². The van der Waals surface area contributed by atoms with Crippen molar-refractivity contribution in [1.29, 1.82) is 0 Å². The van der Waals surface area contributed by atoms with Gasteiger partial charge in [-0.1, -0.05) is 6.92 Å². The Morgan fingerprint density at radius 3 is 2.52 bits per heavy atom. The molecule has 1 amide bonds. The van der Waals surface area contributed by atoms with Crippen molar-refractivity contribution in [3.8, 4) is 11.5 Å². The van der Waals surface area contributed by atoms with E-state index in [0.29, 0.717) is 31.9 Å². The minimum atomic E-state index is -0.905. The van der Waals surface area contributed by atoms with Crippen molar-refractivity contribution in [3.63, 3.8) is 0 Å². The van der Waals surface area contributed by atoms with Gasteiger partial charge in [0.15, 0.2) is 11.5 Å². The highest BCUT2D eigenvalue weighted by Crippen LogP contribution is 2.45. The van der Waals surface area contributed by atoms with E-state index in [-0.39, 0.29) is 11.5 Å². The summed E-state index contributed by atoms with van der Waals surface area (Å²) in [6.07, 6.45) is 1.82. The van der Waals surface area contributed by atoms with E-state index >= 15 is 0 Å². The molecule has 0 radical (unpaired) electrons. The second-order valence-electron chi connectivity index (χ2n) is 6.71. The molecule has 2 aliphatic rings. The number of hydrogen-bond donors (Lipinski definition) is 1. The smallest absolute Gasteiger partial charge is 0.251 e. The van der Waals surface area contributed by atoms with Crippen LogP contribution in [-0.2, 0) is 21.6 Å². The van der Waals surface area contributed by atoms with E-state index < -0.39 is 6.10 Å². The highest BCUT2D eigenvalue weighted by atomic mass is 16.5. The fourth-order valence-electron chi connectivity index (χ4n) is 3.87. The molecule has 1 unspecified atom stereocenters.